The maximum Gasteiger partial charge on any atom is 0.0875 e. The molecule has 2 aliphatic heterocycles. The van der Waals surface area contributed by atoms with Gasteiger partial charge < -0.3 is 9.47 Å². The van der Waals surface area contributed by atoms with E-state index in [0.717, 1.165) is 66.8 Å². The van der Waals surface area contributed by atoms with Gasteiger partial charge in [0.15, 0.2) is 0 Å². The Morgan fingerprint density at radius 2 is 1.76 bits per heavy atom. The van der Waals surface area contributed by atoms with Crippen molar-refractivity contribution in [2.75, 3.05) is 13.2 Å². The van der Waals surface area contributed by atoms with E-state index in [1.165, 1.54) is 25.7 Å². The monoisotopic (exact) mass is 288 g/mol. The number of hydrogen-bond acceptors (Lipinski definition) is 2. The third-order valence-electron chi connectivity index (χ3n) is 8.82. The molecule has 21 heavy (non-hydrogen) atoms. The molecule has 2 nitrogen and oxygen atoms in total. The second-order valence-corrected chi connectivity index (χ2v) is 9.32. The Morgan fingerprint density at radius 1 is 0.952 bits per heavy atom. The summed E-state index contributed by atoms with van der Waals surface area (Å²) in [6.45, 7) is 4.44. The molecule has 116 valence electrons. The van der Waals surface area contributed by atoms with Crippen LogP contribution in [0, 0.1) is 46.8 Å². The van der Waals surface area contributed by atoms with Crippen LogP contribution in [0.1, 0.15) is 45.4 Å². The number of ether oxygens (including phenoxy) is 2. The molecule has 0 aromatic rings. The molecule has 0 aromatic heterocycles. The molecule has 6 fully saturated rings. The summed E-state index contributed by atoms with van der Waals surface area (Å²) >= 11 is 0. The number of rotatable bonds is 4. The van der Waals surface area contributed by atoms with Crippen molar-refractivity contribution in [3.8, 4) is 0 Å². The van der Waals surface area contributed by atoms with Crippen molar-refractivity contribution in [2.24, 2.45) is 46.8 Å². The maximum absolute atomic E-state index is 5.98. The van der Waals surface area contributed by atoms with Gasteiger partial charge in [0.2, 0.25) is 0 Å². The van der Waals surface area contributed by atoms with Crippen LogP contribution in [0.25, 0.3) is 0 Å². The number of hydrogen-bond donors (Lipinski definition) is 0. The van der Waals surface area contributed by atoms with E-state index in [9.17, 15) is 0 Å². The van der Waals surface area contributed by atoms with E-state index in [0.29, 0.717) is 5.41 Å². The highest BCUT2D eigenvalue weighted by Crippen LogP contribution is 2.73. The van der Waals surface area contributed by atoms with Crippen LogP contribution < -0.4 is 0 Å². The molecule has 0 spiro atoms. The van der Waals surface area contributed by atoms with Gasteiger partial charge in [0.05, 0.1) is 25.4 Å². The summed E-state index contributed by atoms with van der Waals surface area (Å²) in [4.78, 5) is 0. The maximum atomic E-state index is 5.98. The molecule has 2 saturated heterocycles. The fourth-order valence-electron chi connectivity index (χ4n) is 7.72. The Hall–Kier alpha value is -0.0800. The summed E-state index contributed by atoms with van der Waals surface area (Å²) in [6.07, 6.45) is 10.4. The van der Waals surface area contributed by atoms with Crippen LogP contribution in [-0.4, -0.2) is 25.4 Å². The fraction of sp³-hybridized carbons (Fsp3) is 1.00. The van der Waals surface area contributed by atoms with Crippen LogP contribution in [0.4, 0.5) is 0 Å². The molecule has 2 heterocycles. The second kappa shape index (κ2) is 3.87. The predicted octanol–water partition coefficient (Wildman–Crippen LogP) is 3.50. The lowest BCUT2D eigenvalue weighted by atomic mass is 9.65. The van der Waals surface area contributed by atoms with Crippen molar-refractivity contribution < 1.29 is 9.47 Å². The second-order valence-electron chi connectivity index (χ2n) is 9.32. The molecule has 4 saturated carbocycles. The molecule has 9 atom stereocenters. The zero-order valence-corrected chi connectivity index (χ0v) is 13.2. The van der Waals surface area contributed by atoms with Crippen molar-refractivity contribution >= 4 is 0 Å². The summed E-state index contributed by atoms with van der Waals surface area (Å²) in [5.41, 5.74) is 0.570. The van der Waals surface area contributed by atoms with Gasteiger partial charge in [-0.2, -0.15) is 0 Å². The van der Waals surface area contributed by atoms with Crippen LogP contribution in [-0.2, 0) is 9.47 Å². The van der Waals surface area contributed by atoms with Crippen molar-refractivity contribution in [2.45, 2.75) is 57.7 Å². The normalized spacial score (nSPS) is 60.7. The predicted molar refractivity (Wildman–Crippen MR) is 79.7 cm³/mol. The lowest BCUT2D eigenvalue weighted by molar-refractivity contribution is -0.122. The first-order valence-corrected chi connectivity index (χ1v) is 9.53. The van der Waals surface area contributed by atoms with Crippen molar-refractivity contribution in [3.05, 3.63) is 0 Å². The molecule has 0 aromatic carbocycles. The highest BCUT2D eigenvalue weighted by atomic mass is 16.6. The molecule has 0 amide bonds. The zero-order chi connectivity index (χ0) is 13.8. The van der Waals surface area contributed by atoms with Crippen LogP contribution in [0.3, 0.4) is 0 Å². The highest BCUT2D eigenvalue weighted by Gasteiger charge is 2.73. The van der Waals surface area contributed by atoms with E-state index in [1.54, 1.807) is 12.8 Å². The molecular weight excluding hydrogens is 260 g/mol. The fourth-order valence-corrected chi connectivity index (χ4v) is 7.72. The third-order valence-corrected chi connectivity index (χ3v) is 8.82. The van der Waals surface area contributed by atoms with Crippen molar-refractivity contribution in [1.82, 2.24) is 0 Å². The molecule has 0 radical (unpaired) electrons. The third kappa shape index (κ3) is 1.43. The topological polar surface area (TPSA) is 21.8 Å². The summed E-state index contributed by atoms with van der Waals surface area (Å²) in [5.74, 6) is 7.36. The smallest absolute Gasteiger partial charge is 0.0875 e. The quantitative estimate of drug-likeness (QED) is 0.583. The summed E-state index contributed by atoms with van der Waals surface area (Å²) < 4.78 is 11.5. The number of fused-ring (bicyclic) bond motifs is 12. The van der Waals surface area contributed by atoms with Gasteiger partial charge in [0.25, 0.3) is 0 Å². The minimum Gasteiger partial charge on any atom is -0.380 e. The van der Waals surface area contributed by atoms with Gasteiger partial charge in [0.1, 0.15) is 0 Å². The summed E-state index contributed by atoms with van der Waals surface area (Å²) in [5, 5.41) is 0. The first-order chi connectivity index (χ1) is 10.3. The SMILES string of the molecule is CCC1(CCC2CC3CC2C2C4CC(C5OC45)C32)COC1. The summed E-state index contributed by atoms with van der Waals surface area (Å²) in [7, 11) is 0. The van der Waals surface area contributed by atoms with Gasteiger partial charge in [0, 0.05) is 5.41 Å². The Kier molecular flexibility index (Phi) is 2.28. The van der Waals surface area contributed by atoms with Gasteiger partial charge in [-0.1, -0.05) is 6.92 Å². The molecule has 6 rings (SSSR count). The van der Waals surface area contributed by atoms with Crippen molar-refractivity contribution in [1.29, 1.82) is 0 Å². The summed E-state index contributed by atoms with van der Waals surface area (Å²) in [6, 6.07) is 0. The van der Waals surface area contributed by atoms with E-state index in [-0.39, 0.29) is 0 Å². The Morgan fingerprint density at radius 3 is 2.48 bits per heavy atom. The molecule has 4 aliphatic carbocycles. The minimum atomic E-state index is 0.570. The van der Waals surface area contributed by atoms with E-state index < -0.39 is 0 Å². The molecular formula is C19H28O2. The highest BCUT2D eigenvalue weighted by molar-refractivity contribution is 5.20. The van der Waals surface area contributed by atoms with Crippen LogP contribution in [0.2, 0.25) is 0 Å². The standard InChI is InChI=1S/C19H28O2/c1-2-19(8-20-9-19)4-3-10-5-11-6-12(10)16-14-7-13(15(11)16)17-18(14)21-17/h10-18H,2-9H2,1H3. The molecule has 0 N–H and O–H groups in total. The van der Waals surface area contributed by atoms with E-state index >= 15 is 0 Å². The average molecular weight is 288 g/mol. The van der Waals surface area contributed by atoms with E-state index in [2.05, 4.69) is 6.92 Å². The Labute approximate surface area is 128 Å². The molecule has 6 aliphatic rings. The largest absolute Gasteiger partial charge is 0.380 e. The minimum absolute atomic E-state index is 0.570. The lowest BCUT2D eigenvalue weighted by Gasteiger charge is -2.43. The van der Waals surface area contributed by atoms with Gasteiger partial charge in [-0.3, -0.25) is 0 Å². The molecule has 4 bridgehead atoms. The lowest BCUT2D eigenvalue weighted by Crippen LogP contribution is -2.43. The van der Waals surface area contributed by atoms with Gasteiger partial charge in [-0.05, 0) is 80.0 Å². The van der Waals surface area contributed by atoms with E-state index in [1.807, 2.05) is 0 Å². The van der Waals surface area contributed by atoms with Gasteiger partial charge in [-0.15, -0.1) is 0 Å². The first kappa shape index (κ1) is 12.4. The van der Waals surface area contributed by atoms with E-state index in [4.69, 9.17) is 9.47 Å². The average Bonchev–Trinajstić information content (AvgIpc) is 2.80. The van der Waals surface area contributed by atoms with Crippen LogP contribution >= 0.6 is 0 Å². The molecule has 9 unspecified atom stereocenters. The Balaban J connectivity index is 1.18. The Bertz CT molecular complexity index is 465. The first-order valence-electron chi connectivity index (χ1n) is 9.53. The zero-order valence-electron chi connectivity index (χ0n) is 13.2. The molecule has 2 heteroatoms. The number of epoxide rings is 1. The van der Waals surface area contributed by atoms with Crippen LogP contribution in [0.5, 0.6) is 0 Å². The van der Waals surface area contributed by atoms with Crippen LogP contribution in [0.15, 0.2) is 0 Å². The van der Waals surface area contributed by atoms with Gasteiger partial charge in [-0.25, -0.2) is 0 Å². The van der Waals surface area contributed by atoms with Gasteiger partial charge >= 0.3 is 0 Å². The van der Waals surface area contributed by atoms with Crippen molar-refractivity contribution in [3.63, 3.8) is 0 Å².